The number of likely N-dealkylation sites (tertiary alicyclic amines) is 1. The number of piperazine rings is 1. The van der Waals surface area contributed by atoms with E-state index >= 15 is 0 Å². The summed E-state index contributed by atoms with van der Waals surface area (Å²) in [6.07, 6.45) is -4.28. The minimum atomic E-state index is -4.76. The summed E-state index contributed by atoms with van der Waals surface area (Å²) in [5.41, 5.74) is 0.00214. The van der Waals surface area contributed by atoms with Crippen molar-refractivity contribution in [2.24, 2.45) is 0 Å². The number of halogens is 6. The summed E-state index contributed by atoms with van der Waals surface area (Å²) in [6, 6.07) is 10.3. The average Bonchev–Trinajstić information content (AvgIpc) is 3.35. The summed E-state index contributed by atoms with van der Waals surface area (Å²) in [7, 11) is 1.82. The number of benzene rings is 2. The lowest BCUT2D eigenvalue weighted by molar-refractivity contribution is -0.140. The van der Waals surface area contributed by atoms with Crippen molar-refractivity contribution in [2.75, 3.05) is 59.4 Å². The molecule has 0 aliphatic carbocycles. The van der Waals surface area contributed by atoms with Crippen LogP contribution >= 0.6 is 23.2 Å². The molecule has 2 fully saturated rings. The van der Waals surface area contributed by atoms with Gasteiger partial charge in [0.05, 0.1) is 28.2 Å². The highest BCUT2D eigenvalue weighted by Crippen LogP contribution is 2.36. The Morgan fingerprint density at radius 2 is 1.75 bits per heavy atom. The molecule has 2 aliphatic rings. The molecule has 40 heavy (non-hydrogen) atoms. The van der Waals surface area contributed by atoms with Gasteiger partial charge in [-0.15, -0.1) is 0 Å². The van der Waals surface area contributed by atoms with Crippen LogP contribution in [0.1, 0.15) is 29.0 Å². The molecule has 1 amide bonds. The minimum Gasteiger partial charge on any atom is -0.339 e. The zero-order valence-corrected chi connectivity index (χ0v) is 23.6. The third-order valence-corrected chi connectivity index (χ3v) is 8.45. The molecule has 0 spiro atoms. The van der Waals surface area contributed by atoms with E-state index in [1.165, 1.54) is 6.07 Å². The SMILES string of the molecule is CN(Cc1ccc(C(F)(F)F)c(F)c1)C1CN(C(=O)CN2CCN(CCC#N)CC2)C[C@@H]1c1ccc(Cl)c(Cl)c1. The fourth-order valence-electron chi connectivity index (χ4n) is 5.47. The largest absolute Gasteiger partial charge is 0.419 e. The molecular weight excluding hydrogens is 569 g/mol. The van der Waals surface area contributed by atoms with Crippen LogP contribution in [0, 0.1) is 17.1 Å². The van der Waals surface area contributed by atoms with Gasteiger partial charge in [0.1, 0.15) is 5.82 Å². The lowest BCUT2D eigenvalue weighted by atomic mass is 9.93. The van der Waals surface area contributed by atoms with Gasteiger partial charge in [-0.05, 0) is 42.4 Å². The third kappa shape index (κ3) is 7.45. The Kier molecular flexibility index (Phi) is 9.96. The summed E-state index contributed by atoms with van der Waals surface area (Å²) in [4.78, 5) is 21.5. The normalized spacial score (nSPS) is 20.7. The van der Waals surface area contributed by atoms with E-state index in [2.05, 4.69) is 15.9 Å². The summed E-state index contributed by atoms with van der Waals surface area (Å²) < 4.78 is 53.3. The van der Waals surface area contributed by atoms with Crippen LogP contribution in [0.15, 0.2) is 36.4 Å². The number of alkyl halides is 3. The van der Waals surface area contributed by atoms with Gasteiger partial charge in [-0.1, -0.05) is 35.3 Å². The van der Waals surface area contributed by atoms with Gasteiger partial charge in [0.25, 0.3) is 0 Å². The van der Waals surface area contributed by atoms with E-state index in [1.807, 2.05) is 22.9 Å². The van der Waals surface area contributed by atoms with Crippen molar-refractivity contribution in [2.45, 2.75) is 31.1 Å². The van der Waals surface area contributed by atoms with Crippen LogP contribution in [0.3, 0.4) is 0 Å². The molecule has 12 heteroatoms. The highest BCUT2D eigenvalue weighted by molar-refractivity contribution is 6.42. The molecular formula is C28H31Cl2F4N5O. The molecule has 4 rings (SSSR count). The minimum absolute atomic E-state index is 0.00740. The Morgan fingerprint density at radius 1 is 1.05 bits per heavy atom. The number of likely N-dealkylation sites (N-methyl/N-ethyl adjacent to an activating group) is 1. The number of nitrogens with zero attached hydrogens (tertiary/aromatic N) is 5. The molecule has 2 aromatic rings. The van der Waals surface area contributed by atoms with E-state index in [0.717, 1.165) is 50.4 Å². The van der Waals surface area contributed by atoms with E-state index in [-0.39, 0.29) is 31.0 Å². The average molecular weight is 600 g/mol. The molecule has 1 unspecified atom stereocenters. The van der Waals surface area contributed by atoms with E-state index in [4.69, 9.17) is 28.5 Å². The van der Waals surface area contributed by atoms with Crippen LogP contribution in [0.2, 0.25) is 10.0 Å². The molecule has 0 aromatic heterocycles. The van der Waals surface area contributed by atoms with Gasteiger partial charge in [-0.3, -0.25) is 19.5 Å². The second-order valence-corrected chi connectivity index (χ2v) is 11.2. The molecule has 216 valence electrons. The lowest BCUT2D eigenvalue weighted by Gasteiger charge is -2.34. The first-order valence-corrected chi connectivity index (χ1v) is 13.8. The van der Waals surface area contributed by atoms with E-state index < -0.39 is 17.6 Å². The van der Waals surface area contributed by atoms with Crippen molar-refractivity contribution >= 4 is 29.1 Å². The number of carbonyl (C=O) groups excluding carboxylic acids is 1. The molecule has 2 saturated heterocycles. The van der Waals surface area contributed by atoms with Crippen molar-refractivity contribution < 1.29 is 22.4 Å². The zero-order valence-electron chi connectivity index (χ0n) is 22.1. The molecule has 2 atom stereocenters. The van der Waals surface area contributed by atoms with E-state index in [1.54, 1.807) is 12.1 Å². The van der Waals surface area contributed by atoms with Crippen LogP contribution in [-0.2, 0) is 17.5 Å². The van der Waals surface area contributed by atoms with Gasteiger partial charge in [0, 0.05) is 70.7 Å². The van der Waals surface area contributed by atoms with E-state index in [9.17, 15) is 22.4 Å². The maximum absolute atomic E-state index is 14.2. The van der Waals surface area contributed by atoms with Crippen molar-refractivity contribution in [1.82, 2.24) is 19.6 Å². The van der Waals surface area contributed by atoms with Crippen molar-refractivity contribution in [1.29, 1.82) is 5.26 Å². The summed E-state index contributed by atoms with van der Waals surface area (Å²) in [6.45, 7) is 5.14. The first-order valence-electron chi connectivity index (χ1n) is 13.1. The predicted molar refractivity (Wildman–Crippen MR) is 146 cm³/mol. The molecule has 0 bridgehead atoms. The van der Waals surface area contributed by atoms with Crippen LogP contribution in [0.5, 0.6) is 0 Å². The van der Waals surface area contributed by atoms with Gasteiger partial charge in [-0.2, -0.15) is 18.4 Å². The fraction of sp³-hybridized carbons (Fsp3) is 0.500. The monoisotopic (exact) mass is 599 g/mol. The van der Waals surface area contributed by atoms with Gasteiger partial charge >= 0.3 is 6.18 Å². The highest BCUT2D eigenvalue weighted by atomic mass is 35.5. The van der Waals surface area contributed by atoms with Gasteiger partial charge < -0.3 is 4.90 Å². The quantitative estimate of drug-likeness (QED) is 0.395. The summed E-state index contributed by atoms with van der Waals surface area (Å²) in [5.74, 6) is -1.45. The van der Waals surface area contributed by atoms with Gasteiger partial charge in [-0.25, -0.2) is 4.39 Å². The molecule has 0 N–H and O–H groups in total. The van der Waals surface area contributed by atoms with Crippen molar-refractivity contribution in [3.8, 4) is 6.07 Å². The molecule has 2 aliphatic heterocycles. The zero-order chi connectivity index (χ0) is 29.0. The van der Waals surface area contributed by atoms with Crippen molar-refractivity contribution in [3.63, 3.8) is 0 Å². The topological polar surface area (TPSA) is 53.8 Å². The van der Waals surface area contributed by atoms with E-state index in [0.29, 0.717) is 35.1 Å². The number of carbonyl (C=O) groups is 1. The van der Waals surface area contributed by atoms with Crippen LogP contribution < -0.4 is 0 Å². The van der Waals surface area contributed by atoms with Gasteiger partial charge in [0.15, 0.2) is 0 Å². The lowest BCUT2D eigenvalue weighted by Crippen LogP contribution is -2.50. The summed E-state index contributed by atoms with van der Waals surface area (Å²) >= 11 is 12.4. The van der Waals surface area contributed by atoms with Crippen molar-refractivity contribution in [3.05, 3.63) is 69.0 Å². The number of rotatable bonds is 8. The fourth-order valence-corrected chi connectivity index (χ4v) is 5.78. The summed E-state index contributed by atoms with van der Waals surface area (Å²) in [5, 5.41) is 9.61. The number of amides is 1. The standard InChI is InChI=1S/C28H31Cl2F4N5O/c1-36(15-19-3-5-22(25(31)13-19)28(32,33)34)26-17-39(16-21(26)20-4-6-23(29)24(30)14-20)27(40)18-38-11-9-37(10-12-38)8-2-7-35/h3-6,13-14,21,26H,2,8-12,15-18H2,1H3/t21-,26?/m1/s1. The maximum Gasteiger partial charge on any atom is 0.419 e. The smallest absolute Gasteiger partial charge is 0.339 e. The highest BCUT2D eigenvalue weighted by Gasteiger charge is 2.39. The Labute approximate surface area is 241 Å². The second kappa shape index (κ2) is 13.0. The molecule has 6 nitrogen and oxygen atoms in total. The maximum atomic E-state index is 14.2. The Hall–Kier alpha value is -2.42. The van der Waals surface area contributed by atoms with Crippen LogP contribution in [0.25, 0.3) is 0 Å². The van der Waals surface area contributed by atoms with Crippen LogP contribution in [-0.4, -0.2) is 91.0 Å². The number of hydrogen-bond donors (Lipinski definition) is 0. The Morgan fingerprint density at radius 3 is 2.38 bits per heavy atom. The molecule has 2 heterocycles. The third-order valence-electron chi connectivity index (χ3n) is 7.71. The Bertz CT molecular complexity index is 1250. The first kappa shape index (κ1) is 30.5. The molecule has 0 saturated carbocycles. The first-order chi connectivity index (χ1) is 19.0. The predicted octanol–water partition coefficient (Wildman–Crippen LogP) is 5.11. The molecule has 0 radical (unpaired) electrons. The van der Waals surface area contributed by atoms with Gasteiger partial charge in [0.2, 0.25) is 5.91 Å². The van der Waals surface area contributed by atoms with Crippen LogP contribution in [0.4, 0.5) is 17.6 Å². The molecule has 2 aromatic carbocycles. The number of hydrogen-bond acceptors (Lipinski definition) is 5. The second-order valence-electron chi connectivity index (χ2n) is 10.4. The number of nitriles is 1. The Balaban J connectivity index is 1.47.